The molecule has 1 heterocycles. The molecule has 8 nitrogen and oxygen atoms in total. The van der Waals surface area contributed by atoms with Gasteiger partial charge in [-0.15, -0.1) is 0 Å². The summed E-state index contributed by atoms with van der Waals surface area (Å²) in [5.41, 5.74) is 5.33. The highest BCUT2D eigenvalue weighted by Crippen LogP contribution is 2.19. The number of urea groups is 1. The first kappa shape index (κ1) is 29.4. The zero-order valence-electron chi connectivity index (χ0n) is 24.1. The van der Waals surface area contributed by atoms with Gasteiger partial charge in [-0.05, 0) is 75.6 Å². The van der Waals surface area contributed by atoms with E-state index in [4.69, 9.17) is 4.74 Å². The molecule has 0 spiro atoms. The highest BCUT2D eigenvalue weighted by molar-refractivity contribution is 5.94. The first-order valence-electron chi connectivity index (χ1n) is 14.0. The maximum Gasteiger partial charge on any atom is 0.338 e. The third-order valence-electron chi connectivity index (χ3n) is 7.01. The molecule has 0 fully saturated rings. The number of ether oxygens (including phenoxy) is 1. The number of para-hydroxylation sites is 1. The van der Waals surface area contributed by atoms with E-state index in [-0.39, 0.29) is 31.1 Å². The number of aryl methyl sites for hydroxylation is 1. The molecular weight excluding hydrogens is 516 g/mol. The molecule has 0 saturated carbocycles. The highest BCUT2D eigenvalue weighted by Gasteiger charge is 2.24. The van der Waals surface area contributed by atoms with Crippen molar-refractivity contribution in [1.29, 1.82) is 0 Å². The van der Waals surface area contributed by atoms with Gasteiger partial charge in [0, 0.05) is 41.9 Å². The van der Waals surface area contributed by atoms with E-state index in [0.717, 1.165) is 27.6 Å². The maximum atomic E-state index is 13.7. The lowest BCUT2D eigenvalue weighted by Gasteiger charge is -2.30. The monoisotopic (exact) mass is 554 g/mol. The Balaban J connectivity index is 1.47. The molecule has 4 aromatic rings. The first-order valence-corrected chi connectivity index (χ1v) is 14.0. The quantitative estimate of drug-likeness (QED) is 0.217. The zero-order chi connectivity index (χ0) is 29.4. The van der Waals surface area contributed by atoms with Crippen molar-refractivity contribution in [3.05, 3.63) is 101 Å². The fourth-order valence-electron chi connectivity index (χ4n) is 4.63. The minimum atomic E-state index is -0.416. The van der Waals surface area contributed by atoms with Crippen molar-refractivity contribution in [3.63, 3.8) is 0 Å². The molecule has 214 valence electrons. The summed E-state index contributed by atoms with van der Waals surface area (Å²) in [6, 6.07) is 22.2. The number of nitrogens with one attached hydrogen (secondary N) is 2. The number of hydrogen-bond acceptors (Lipinski definition) is 4. The van der Waals surface area contributed by atoms with Crippen LogP contribution in [0, 0.1) is 6.92 Å². The number of esters is 1. The van der Waals surface area contributed by atoms with Gasteiger partial charge in [0.25, 0.3) is 0 Å². The van der Waals surface area contributed by atoms with Crippen LogP contribution in [0.1, 0.15) is 47.8 Å². The van der Waals surface area contributed by atoms with Crippen LogP contribution in [0.25, 0.3) is 10.9 Å². The Kier molecular flexibility index (Phi) is 9.79. The van der Waals surface area contributed by atoms with Crippen LogP contribution in [0.4, 0.5) is 10.5 Å². The molecule has 0 aliphatic heterocycles. The largest absolute Gasteiger partial charge is 0.462 e. The van der Waals surface area contributed by atoms with Gasteiger partial charge in [-0.2, -0.15) is 0 Å². The Bertz CT molecular complexity index is 1480. The summed E-state index contributed by atoms with van der Waals surface area (Å²) >= 11 is 0. The molecule has 8 heteroatoms. The van der Waals surface area contributed by atoms with E-state index < -0.39 is 5.97 Å². The standard InChI is InChI=1S/C33H38N4O4/c1-5-41-32(39)26-14-16-28(17-15-26)35-33(40)37(23(2)3)22-31(38)36(21-25-12-10-24(4)11-13-25)19-18-27-20-34-30-9-7-6-8-29(27)30/h6-17,20,23,34H,5,18-19,21-22H2,1-4H3,(H,35,40). The lowest BCUT2D eigenvalue weighted by Crippen LogP contribution is -2.47. The van der Waals surface area contributed by atoms with Gasteiger partial charge in [-0.3, -0.25) is 4.79 Å². The van der Waals surface area contributed by atoms with E-state index in [0.29, 0.717) is 30.8 Å². The van der Waals surface area contributed by atoms with Gasteiger partial charge in [0.05, 0.1) is 12.2 Å². The van der Waals surface area contributed by atoms with Crippen LogP contribution in [0.15, 0.2) is 79.0 Å². The summed E-state index contributed by atoms with van der Waals surface area (Å²) in [7, 11) is 0. The van der Waals surface area contributed by atoms with Gasteiger partial charge in [0.2, 0.25) is 5.91 Å². The predicted octanol–water partition coefficient (Wildman–Crippen LogP) is 6.17. The number of aromatic amines is 1. The lowest BCUT2D eigenvalue weighted by atomic mass is 10.1. The fourth-order valence-corrected chi connectivity index (χ4v) is 4.63. The number of H-pyrrole nitrogens is 1. The Labute approximate surface area is 241 Å². The second kappa shape index (κ2) is 13.7. The normalized spacial score (nSPS) is 11.0. The molecular formula is C33H38N4O4. The molecule has 0 atom stereocenters. The molecule has 0 unspecified atom stereocenters. The van der Waals surface area contributed by atoms with Gasteiger partial charge in [0.15, 0.2) is 0 Å². The highest BCUT2D eigenvalue weighted by atomic mass is 16.5. The molecule has 3 amide bonds. The van der Waals surface area contributed by atoms with Crippen molar-refractivity contribution in [3.8, 4) is 0 Å². The number of fused-ring (bicyclic) bond motifs is 1. The molecule has 0 saturated heterocycles. The zero-order valence-corrected chi connectivity index (χ0v) is 24.1. The Morgan fingerprint density at radius 1 is 0.951 bits per heavy atom. The summed E-state index contributed by atoms with van der Waals surface area (Å²) in [5, 5.41) is 4.00. The third-order valence-corrected chi connectivity index (χ3v) is 7.01. The molecule has 2 N–H and O–H groups in total. The van der Waals surface area contributed by atoms with E-state index >= 15 is 0 Å². The van der Waals surface area contributed by atoms with Crippen molar-refractivity contribution < 1.29 is 19.1 Å². The molecule has 1 aromatic heterocycles. The number of benzene rings is 3. The fraction of sp³-hybridized carbons (Fsp3) is 0.303. The number of amides is 3. The average Bonchev–Trinajstić information content (AvgIpc) is 3.38. The molecule has 0 radical (unpaired) electrons. The average molecular weight is 555 g/mol. The number of hydrogen-bond donors (Lipinski definition) is 2. The van der Waals surface area contributed by atoms with Gasteiger partial charge in [0.1, 0.15) is 6.54 Å². The summed E-state index contributed by atoms with van der Waals surface area (Å²) in [6.45, 7) is 8.73. The second-order valence-electron chi connectivity index (χ2n) is 10.4. The lowest BCUT2D eigenvalue weighted by molar-refractivity contribution is -0.132. The molecule has 41 heavy (non-hydrogen) atoms. The van der Waals surface area contributed by atoms with Crippen molar-refractivity contribution in [2.24, 2.45) is 0 Å². The molecule has 0 aliphatic carbocycles. The van der Waals surface area contributed by atoms with E-state index in [2.05, 4.69) is 16.4 Å². The van der Waals surface area contributed by atoms with Crippen LogP contribution in [0.2, 0.25) is 0 Å². The number of nitrogens with zero attached hydrogens (tertiary/aromatic N) is 2. The van der Waals surface area contributed by atoms with Gasteiger partial charge in [-0.1, -0.05) is 48.0 Å². The summed E-state index contributed by atoms with van der Waals surface area (Å²) < 4.78 is 5.02. The van der Waals surface area contributed by atoms with Gasteiger partial charge >= 0.3 is 12.0 Å². The number of carbonyl (C=O) groups excluding carboxylic acids is 3. The van der Waals surface area contributed by atoms with E-state index in [1.807, 2.05) is 74.3 Å². The van der Waals surface area contributed by atoms with Crippen LogP contribution >= 0.6 is 0 Å². The maximum absolute atomic E-state index is 13.7. The Morgan fingerprint density at radius 2 is 1.66 bits per heavy atom. The number of rotatable bonds is 11. The van der Waals surface area contributed by atoms with E-state index in [1.165, 1.54) is 4.90 Å². The minimum Gasteiger partial charge on any atom is -0.462 e. The number of carbonyl (C=O) groups is 3. The smallest absolute Gasteiger partial charge is 0.338 e. The second-order valence-corrected chi connectivity index (χ2v) is 10.4. The SMILES string of the molecule is CCOC(=O)c1ccc(NC(=O)N(CC(=O)N(CCc2c[nH]c3ccccc23)Cc2ccc(C)cc2)C(C)C)cc1. The Hall–Kier alpha value is -4.59. The molecule has 0 bridgehead atoms. The van der Waals surface area contributed by atoms with E-state index in [9.17, 15) is 14.4 Å². The minimum absolute atomic E-state index is 0.0653. The molecule has 3 aromatic carbocycles. The van der Waals surface area contributed by atoms with Crippen molar-refractivity contribution in [2.45, 2.75) is 46.7 Å². The Morgan fingerprint density at radius 3 is 2.34 bits per heavy atom. The van der Waals surface area contributed by atoms with Crippen LogP contribution in [0.3, 0.4) is 0 Å². The van der Waals surface area contributed by atoms with Crippen LogP contribution < -0.4 is 5.32 Å². The van der Waals surface area contributed by atoms with E-state index in [1.54, 1.807) is 31.2 Å². The number of anilines is 1. The first-order chi connectivity index (χ1) is 19.7. The third kappa shape index (κ3) is 7.75. The van der Waals surface area contributed by atoms with Gasteiger partial charge < -0.3 is 24.8 Å². The summed E-state index contributed by atoms with van der Waals surface area (Å²) in [6.07, 6.45) is 2.68. The van der Waals surface area contributed by atoms with Crippen LogP contribution in [-0.2, 0) is 22.5 Å². The van der Waals surface area contributed by atoms with Crippen molar-refractivity contribution in [2.75, 3.05) is 25.0 Å². The van der Waals surface area contributed by atoms with Crippen molar-refractivity contribution >= 4 is 34.5 Å². The molecule has 0 aliphatic rings. The predicted molar refractivity (Wildman–Crippen MR) is 162 cm³/mol. The van der Waals surface area contributed by atoms with Crippen molar-refractivity contribution in [1.82, 2.24) is 14.8 Å². The number of aromatic nitrogens is 1. The van der Waals surface area contributed by atoms with Crippen LogP contribution in [0.5, 0.6) is 0 Å². The van der Waals surface area contributed by atoms with Gasteiger partial charge in [-0.25, -0.2) is 9.59 Å². The topological polar surface area (TPSA) is 94.7 Å². The van der Waals surface area contributed by atoms with Crippen LogP contribution in [-0.4, -0.2) is 58.4 Å². The summed E-state index contributed by atoms with van der Waals surface area (Å²) in [5.74, 6) is -0.548. The molecule has 4 rings (SSSR count). The summed E-state index contributed by atoms with van der Waals surface area (Å²) in [4.78, 5) is 45.6.